The zero-order valence-corrected chi connectivity index (χ0v) is 9.74. The summed E-state index contributed by atoms with van der Waals surface area (Å²) in [4.78, 5) is 10.5. The van der Waals surface area contributed by atoms with Gasteiger partial charge in [-0.2, -0.15) is 0 Å². The van der Waals surface area contributed by atoms with Gasteiger partial charge in [0.05, 0.1) is 10.9 Å². The molecule has 88 valence electrons. The predicted octanol–water partition coefficient (Wildman–Crippen LogP) is -0.263. The van der Waals surface area contributed by atoms with Crippen LogP contribution in [0.25, 0.3) is 0 Å². The first-order valence-corrected chi connectivity index (χ1v) is 6.15. The summed E-state index contributed by atoms with van der Waals surface area (Å²) in [6.45, 7) is 3.30. The van der Waals surface area contributed by atoms with Crippen molar-refractivity contribution in [3.8, 4) is 0 Å². The third-order valence-electron chi connectivity index (χ3n) is 1.79. The Bertz CT molecular complexity index is 493. The van der Waals surface area contributed by atoms with Crippen LogP contribution in [-0.4, -0.2) is 20.4 Å². The van der Waals surface area contributed by atoms with Gasteiger partial charge < -0.3 is 9.90 Å². The molecule has 0 saturated heterocycles. The van der Waals surface area contributed by atoms with Crippen molar-refractivity contribution in [1.29, 1.82) is 0 Å². The molecule has 0 bridgehead atoms. The molecule has 0 amide bonds. The van der Waals surface area contributed by atoms with Gasteiger partial charge in [0.2, 0.25) is 10.0 Å². The fourth-order valence-electron chi connectivity index (χ4n) is 1.24. The van der Waals surface area contributed by atoms with Gasteiger partial charge in [0.25, 0.3) is 0 Å². The molecule has 6 heteroatoms. The van der Waals surface area contributed by atoms with E-state index in [1.165, 1.54) is 24.3 Å². The van der Waals surface area contributed by atoms with E-state index >= 15 is 0 Å². The summed E-state index contributed by atoms with van der Waals surface area (Å²) >= 11 is 0. The van der Waals surface area contributed by atoms with Crippen LogP contribution in [0.1, 0.15) is 24.2 Å². The summed E-state index contributed by atoms with van der Waals surface area (Å²) in [6, 6.07) is 5.03. The quantitative estimate of drug-likeness (QED) is 0.788. The lowest BCUT2D eigenvalue weighted by atomic mass is 10.2. The molecule has 1 rings (SSSR count). The van der Waals surface area contributed by atoms with Gasteiger partial charge in [0, 0.05) is 11.6 Å². The summed E-state index contributed by atoms with van der Waals surface area (Å²) in [7, 11) is -3.81. The van der Waals surface area contributed by atoms with Crippen LogP contribution < -0.4 is 9.83 Å². The normalized spacial score (nSPS) is 11.7. The van der Waals surface area contributed by atoms with E-state index in [4.69, 9.17) is 0 Å². The highest BCUT2D eigenvalue weighted by molar-refractivity contribution is 7.89. The molecule has 0 heterocycles. The first-order chi connectivity index (χ1) is 7.34. The summed E-state index contributed by atoms with van der Waals surface area (Å²) < 4.78 is 25.8. The number of hydrogen-bond acceptors (Lipinski definition) is 4. The van der Waals surface area contributed by atoms with E-state index in [1.807, 2.05) is 0 Å². The van der Waals surface area contributed by atoms with Gasteiger partial charge in [-0.05, 0) is 19.9 Å². The van der Waals surface area contributed by atoms with Crippen LogP contribution in [0.5, 0.6) is 0 Å². The lowest BCUT2D eigenvalue weighted by Crippen LogP contribution is -2.33. The van der Waals surface area contributed by atoms with E-state index in [2.05, 4.69) is 4.72 Å². The van der Waals surface area contributed by atoms with Crippen LogP contribution >= 0.6 is 0 Å². The van der Waals surface area contributed by atoms with Crippen molar-refractivity contribution in [1.82, 2.24) is 4.72 Å². The van der Waals surface area contributed by atoms with Crippen LogP contribution in [-0.2, 0) is 10.0 Å². The number of carbonyl (C=O) groups is 1. The maximum atomic E-state index is 11.8. The number of carboxylic acids is 1. The van der Waals surface area contributed by atoms with E-state index in [-0.39, 0.29) is 16.5 Å². The van der Waals surface area contributed by atoms with Gasteiger partial charge in [-0.25, -0.2) is 13.1 Å². The molecule has 5 nitrogen and oxygen atoms in total. The number of carboxylic acid groups (broad SMARTS) is 1. The number of hydrogen-bond donors (Lipinski definition) is 1. The van der Waals surface area contributed by atoms with E-state index in [9.17, 15) is 18.3 Å². The van der Waals surface area contributed by atoms with E-state index in [1.54, 1.807) is 13.8 Å². The minimum absolute atomic E-state index is 0.274. The molecular formula is C10H12NO4S-. The monoisotopic (exact) mass is 242 g/mol. The molecule has 16 heavy (non-hydrogen) atoms. The average Bonchev–Trinajstić information content (AvgIpc) is 2.15. The first kappa shape index (κ1) is 12.7. The minimum atomic E-state index is -3.81. The van der Waals surface area contributed by atoms with E-state index < -0.39 is 16.0 Å². The average molecular weight is 242 g/mol. The number of nitrogens with one attached hydrogen (secondary N) is 1. The van der Waals surface area contributed by atoms with Crippen LogP contribution in [0.2, 0.25) is 0 Å². The second-order valence-electron chi connectivity index (χ2n) is 3.56. The van der Waals surface area contributed by atoms with Gasteiger partial charge in [-0.15, -0.1) is 0 Å². The Balaban J connectivity index is 3.28. The number of sulfonamides is 1. The second kappa shape index (κ2) is 4.63. The molecule has 0 aliphatic carbocycles. The molecule has 0 atom stereocenters. The fraction of sp³-hybridized carbons (Fsp3) is 0.300. The summed E-state index contributed by atoms with van der Waals surface area (Å²) in [5, 5.41) is 10.8. The first-order valence-electron chi connectivity index (χ1n) is 4.67. The lowest BCUT2D eigenvalue weighted by molar-refractivity contribution is -0.255. The molecule has 0 aliphatic rings. The Labute approximate surface area is 94.2 Å². The van der Waals surface area contributed by atoms with Gasteiger partial charge in [-0.1, -0.05) is 18.2 Å². The largest absolute Gasteiger partial charge is 0.545 e. The smallest absolute Gasteiger partial charge is 0.241 e. The van der Waals surface area contributed by atoms with Crippen LogP contribution in [0.3, 0.4) is 0 Å². The molecule has 0 aliphatic heterocycles. The second-order valence-corrected chi connectivity index (χ2v) is 5.24. The Morgan fingerprint density at radius 1 is 1.31 bits per heavy atom. The highest BCUT2D eigenvalue weighted by Gasteiger charge is 2.19. The topological polar surface area (TPSA) is 86.3 Å². The summed E-state index contributed by atoms with van der Waals surface area (Å²) in [5.74, 6) is -1.51. The van der Waals surface area contributed by atoms with Crippen molar-refractivity contribution in [2.75, 3.05) is 0 Å². The summed E-state index contributed by atoms with van der Waals surface area (Å²) in [5.41, 5.74) is -0.337. The molecule has 0 saturated carbocycles. The van der Waals surface area contributed by atoms with Crippen molar-refractivity contribution in [2.45, 2.75) is 24.8 Å². The molecular weight excluding hydrogens is 230 g/mol. The van der Waals surface area contributed by atoms with E-state index in [0.717, 1.165) is 0 Å². The highest BCUT2D eigenvalue weighted by Crippen LogP contribution is 2.14. The molecule has 0 spiro atoms. The van der Waals surface area contributed by atoms with Gasteiger partial charge in [0.1, 0.15) is 0 Å². The predicted molar refractivity (Wildman–Crippen MR) is 56.2 cm³/mol. The molecule has 0 fully saturated rings. The minimum Gasteiger partial charge on any atom is -0.545 e. The van der Waals surface area contributed by atoms with Crippen LogP contribution in [0.4, 0.5) is 0 Å². The zero-order valence-electron chi connectivity index (χ0n) is 8.93. The zero-order chi connectivity index (χ0) is 12.3. The Morgan fingerprint density at radius 2 is 1.88 bits per heavy atom. The number of carbonyl (C=O) groups excluding carboxylic acids is 1. The maximum Gasteiger partial charge on any atom is 0.241 e. The third kappa shape index (κ3) is 2.80. The lowest BCUT2D eigenvalue weighted by Gasteiger charge is -2.13. The number of aromatic carboxylic acids is 1. The van der Waals surface area contributed by atoms with Gasteiger partial charge >= 0.3 is 0 Å². The molecule has 0 aromatic heterocycles. The highest BCUT2D eigenvalue weighted by atomic mass is 32.2. The van der Waals surface area contributed by atoms with Crippen molar-refractivity contribution in [3.05, 3.63) is 29.8 Å². The number of benzene rings is 1. The van der Waals surface area contributed by atoms with Crippen molar-refractivity contribution >= 4 is 16.0 Å². The van der Waals surface area contributed by atoms with Crippen LogP contribution in [0, 0.1) is 0 Å². The third-order valence-corrected chi connectivity index (χ3v) is 3.50. The Hall–Kier alpha value is -1.40. The number of rotatable bonds is 4. The van der Waals surface area contributed by atoms with Crippen molar-refractivity contribution < 1.29 is 18.3 Å². The molecule has 0 unspecified atom stereocenters. The SMILES string of the molecule is CC(C)NS(=O)(=O)c1ccccc1C(=O)[O-]. The van der Waals surface area contributed by atoms with Gasteiger partial charge in [0.15, 0.2) is 0 Å². The molecule has 0 radical (unpaired) electrons. The Morgan fingerprint density at radius 3 is 2.38 bits per heavy atom. The van der Waals surface area contributed by atoms with Gasteiger partial charge in [-0.3, -0.25) is 0 Å². The van der Waals surface area contributed by atoms with Crippen LogP contribution in [0.15, 0.2) is 29.2 Å². The molecule has 1 aromatic rings. The summed E-state index contributed by atoms with van der Waals surface area (Å²) in [6.07, 6.45) is 0. The Kier molecular flexibility index (Phi) is 3.66. The molecule has 1 N–H and O–H groups in total. The van der Waals surface area contributed by atoms with Crippen molar-refractivity contribution in [3.63, 3.8) is 0 Å². The van der Waals surface area contributed by atoms with Crippen molar-refractivity contribution in [2.24, 2.45) is 0 Å². The molecule has 1 aromatic carbocycles. The maximum absolute atomic E-state index is 11.8. The fourth-order valence-corrected chi connectivity index (χ4v) is 2.69. The standard InChI is InChI=1S/C10H13NO4S/c1-7(2)11-16(14,15)9-6-4-3-5-8(9)10(12)13/h3-7,11H,1-2H3,(H,12,13)/p-1. The van der Waals surface area contributed by atoms with E-state index in [0.29, 0.717) is 0 Å².